The van der Waals surface area contributed by atoms with Crippen molar-refractivity contribution in [1.82, 2.24) is 10.3 Å². The summed E-state index contributed by atoms with van der Waals surface area (Å²) >= 11 is 0. The summed E-state index contributed by atoms with van der Waals surface area (Å²) < 4.78 is 27.9. The van der Waals surface area contributed by atoms with Crippen molar-refractivity contribution in [3.63, 3.8) is 0 Å². The number of nitrogens with two attached hydrogens (primary N) is 2. The molecule has 0 bridgehead atoms. The van der Waals surface area contributed by atoms with Gasteiger partial charge in [-0.05, 0) is 56.2 Å². The van der Waals surface area contributed by atoms with Gasteiger partial charge < -0.3 is 22.2 Å². The van der Waals surface area contributed by atoms with Crippen LogP contribution in [0, 0.1) is 23.0 Å². The van der Waals surface area contributed by atoms with E-state index in [-0.39, 0.29) is 28.9 Å². The van der Waals surface area contributed by atoms with E-state index in [1.807, 2.05) is 6.07 Å². The third-order valence-electron chi connectivity index (χ3n) is 5.73. The van der Waals surface area contributed by atoms with Gasteiger partial charge in [0, 0.05) is 36.1 Å². The van der Waals surface area contributed by atoms with Crippen molar-refractivity contribution < 1.29 is 8.78 Å². The number of nitrogens with one attached hydrogen (secondary N) is 2. The average Bonchev–Trinajstić information content (AvgIpc) is 3.70. The Labute approximate surface area is 204 Å². The zero-order valence-electron chi connectivity index (χ0n) is 19.8. The quantitative estimate of drug-likeness (QED) is 0.208. The van der Waals surface area contributed by atoms with Crippen LogP contribution in [0.15, 0.2) is 64.6 Å². The lowest BCUT2D eigenvalue weighted by atomic mass is 10.0. The van der Waals surface area contributed by atoms with E-state index in [4.69, 9.17) is 16.9 Å². The third kappa shape index (κ3) is 7.05. The Morgan fingerprint density at radius 2 is 1.91 bits per heavy atom. The van der Waals surface area contributed by atoms with Gasteiger partial charge in [0.2, 0.25) is 0 Å². The predicted molar refractivity (Wildman–Crippen MR) is 137 cm³/mol. The molecule has 184 valence electrons. The fraction of sp³-hybridized carbons (Fsp3) is 0.308. The summed E-state index contributed by atoms with van der Waals surface area (Å²) in [6.45, 7) is 3.93. The SMILES string of the molecule is C=C(N=C(C=N)C(N)=NC(NC)=C(N)c1cc(F)cnc1CCCCc1ccccc1F)C1CC1. The molecule has 6 N–H and O–H groups in total. The first-order chi connectivity index (χ1) is 16.8. The van der Waals surface area contributed by atoms with Gasteiger partial charge in [0.1, 0.15) is 17.3 Å². The van der Waals surface area contributed by atoms with Crippen LogP contribution in [-0.4, -0.2) is 29.8 Å². The summed E-state index contributed by atoms with van der Waals surface area (Å²) in [5, 5.41) is 10.5. The zero-order chi connectivity index (χ0) is 25.4. The van der Waals surface area contributed by atoms with Crippen molar-refractivity contribution in [2.24, 2.45) is 27.4 Å². The number of amidine groups is 1. The van der Waals surface area contributed by atoms with Gasteiger partial charge in [0.05, 0.1) is 11.9 Å². The molecule has 0 atom stereocenters. The van der Waals surface area contributed by atoms with E-state index in [9.17, 15) is 8.78 Å². The second-order valence-electron chi connectivity index (χ2n) is 8.36. The molecule has 1 aliphatic rings. The minimum absolute atomic E-state index is 0.00935. The van der Waals surface area contributed by atoms with Crippen LogP contribution < -0.4 is 16.8 Å². The summed E-state index contributed by atoms with van der Waals surface area (Å²) in [4.78, 5) is 12.9. The molecular formula is C26H31F2N7. The second-order valence-corrected chi connectivity index (χ2v) is 8.36. The van der Waals surface area contributed by atoms with Crippen LogP contribution in [0.5, 0.6) is 0 Å². The van der Waals surface area contributed by atoms with Crippen molar-refractivity contribution in [3.05, 3.63) is 83.1 Å². The number of aliphatic imine (C=N–C) groups is 2. The van der Waals surface area contributed by atoms with E-state index >= 15 is 0 Å². The Balaban J connectivity index is 1.80. The van der Waals surface area contributed by atoms with E-state index in [0.29, 0.717) is 47.7 Å². The normalized spacial score (nSPS) is 14.9. The van der Waals surface area contributed by atoms with Gasteiger partial charge in [-0.3, -0.25) is 4.98 Å². The summed E-state index contributed by atoms with van der Waals surface area (Å²) in [6.07, 6.45) is 6.76. The molecule has 0 amide bonds. The van der Waals surface area contributed by atoms with Gasteiger partial charge >= 0.3 is 0 Å². The topological polar surface area (TPSA) is 126 Å². The van der Waals surface area contributed by atoms with Crippen LogP contribution in [0.4, 0.5) is 8.78 Å². The van der Waals surface area contributed by atoms with Gasteiger partial charge in [-0.15, -0.1) is 0 Å². The van der Waals surface area contributed by atoms with Crippen molar-refractivity contribution in [2.75, 3.05) is 7.05 Å². The number of aryl methyl sites for hydroxylation is 2. The number of nitrogens with zero attached hydrogens (tertiary/aromatic N) is 3. The van der Waals surface area contributed by atoms with Crippen molar-refractivity contribution in [1.29, 1.82) is 5.41 Å². The maximum absolute atomic E-state index is 14.1. The average molecular weight is 480 g/mol. The maximum atomic E-state index is 14.1. The minimum atomic E-state index is -0.534. The molecule has 0 radical (unpaired) electrons. The van der Waals surface area contributed by atoms with Crippen LogP contribution in [0.25, 0.3) is 5.70 Å². The molecule has 1 aromatic heterocycles. The smallest absolute Gasteiger partial charge is 0.153 e. The van der Waals surface area contributed by atoms with E-state index in [1.54, 1.807) is 19.2 Å². The number of allylic oxidation sites excluding steroid dienone is 1. The number of aromatic nitrogens is 1. The van der Waals surface area contributed by atoms with E-state index in [0.717, 1.165) is 31.7 Å². The Kier molecular flexibility index (Phi) is 8.83. The van der Waals surface area contributed by atoms with Crippen molar-refractivity contribution in [2.45, 2.75) is 38.5 Å². The van der Waals surface area contributed by atoms with E-state index < -0.39 is 5.82 Å². The molecule has 0 saturated heterocycles. The standard InChI is InChI=1S/C26H31F2N7/c1-16(17-11-12-17)34-23(14-29)25(31)35-26(32-2)24(30)20-13-19(27)15-33-22(20)10-6-4-8-18-7-3-5-9-21(18)28/h3,5,7,9,13-15,17,29,32H,1,4,6,8,10-12,30H2,2H3,(H2,31,35). The zero-order valence-corrected chi connectivity index (χ0v) is 19.8. The number of rotatable bonds is 12. The largest absolute Gasteiger partial charge is 0.395 e. The van der Waals surface area contributed by atoms with Crippen LogP contribution in [0.2, 0.25) is 0 Å². The Morgan fingerprint density at radius 3 is 2.57 bits per heavy atom. The van der Waals surface area contributed by atoms with Crippen LogP contribution >= 0.6 is 0 Å². The van der Waals surface area contributed by atoms with Gasteiger partial charge in [0.25, 0.3) is 0 Å². The fourth-order valence-electron chi connectivity index (χ4n) is 3.59. The lowest BCUT2D eigenvalue weighted by Crippen LogP contribution is -2.27. The number of halogens is 2. The Hall–Kier alpha value is -3.88. The van der Waals surface area contributed by atoms with Crippen molar-refractivity contribution >= 4 is 23.5 Å². The van der Waals surface area contributed by atoms with Crippen LogP contribution in [0.3, 0.4) is 0 Å². The first-order valence-electron chi connectivity index (χ1n) is 11.5. The molecule has 1 heterocycles. The monoisotopic (exact) mass is 479 g/mol. The van der Waals surface area contributed by atoms with Crippen LogP contribution in [-0.2, 0) is 12.8 Å². The number of hydrogen-bond donors (Lipinski definition) is 4. The molecule has 7 nitrogen and oxygen atoms in total. The Morgan fingerprint density at radius 1 is 1.20 bits per heavy atom. The molecule has 1 saturated carbocycles. The summed E-state index contributed by atoms with van der Waals surface area (Å²) in [7, 11) is 1.62. The lowest BCUT2D eigenvalue weighted by Gasteiger charge is -2.13. The lowest BCUT2D eigenvalue weighted by molar-refractivity contribution is 0.597. The highest BCUT2D eigenvalue weighted by molar-refractivity contribution is 6.61. The molecule has 9 heteroatoms. The molecular weight excluding hydrogens is 448 g/mol. The number of unbranched alkanes of at least 4 members (excludes halogenated alkanes) is 1. The van der Waals surface area contributed by atoms with Crippen molar-refractivity contribution in [3.8, 4) is 0 Å². The first-order valence-corrected chi connectivity index (χ1v) is 11.5. The molecule has 1 aliphatic carbocycles. The summed E-state index contributed by atoms with van der Waals surface area (Å²) in [5.74, 6) is -0.240. The molecule has 1 aromatic carbocycles. The van der Waals surface area contributed by atoms with Gasteiger partial charge in [-0.25, -0.2) is 18.8 Å². The molecule has 0 spiro atoms. The number of hydrogen-bond acceptors (Lipinski definition) is 6. The third-order valence-corrected chi connectivity index (χ3v) is 5.73. The Bertz CT molecular complexity index is 1180. The first kappa shape index (κ1) is 25.7. The highest BCUT2D eigenvalue weighted by atomic mass is 19.1. The number of pyridine rings is 1. The summed E-state index contributed by atoms with van der Waals surface area (Å²) in [6, 6.07) is 7.99. The fourth-order valence-corrected chi connectivity index (χ4v) is 3.59. The number of benzene rings is 1. The van der Waals surface area contributed by atoms with Gasteiger partial charge in [0.15, 0.2) is 11.7 Å². The minimum Gasteiger partial charge on any atom is -0.395 e. The summed E-state index contributed by atoms with van der Waals surface area (Å²) in [5.41, 5.74) is 15.1. The predicted octanol–water partition coefficient (Wildman–Crippen LogP) is 4.10. The molecule has 3 rings (SSSR count). The van der Waals surface area contributed by atoms with Gasteiger partial charge in [-0.1, -0.05) is 24.8 Å². The van der Waals surface area contributed by atoms with Gasteiger partial charge in [-0.2, -0.15) is 0 Å². The highest BCUT2D eigenvalue weighted by Crippen LogP contribution is 2.36. The highest BCUT2D eigenvalue weighted by Gasteiger charge is 2.25. The van der Waals surface area contributed by atoms with Crippen LogP contribution in [0.1, 0.15) is 42.5 Å². The molecule has 0 aliphatic heterocycles. The maximum Gasteiger partial charge on any atom is 0.153 e. The van der Waals surface area contributed by atoms with E-state index in [2.05, 4.69) is 26.9 Å². The molecule has 1 fully saturated rings. The molecule has 0 unspecified atom stereocenters. The molecule has 2 aromatic rings. The second kappa shape index (κ2) is 12.0. The molecule has 35 heavy (non-hydrogen) atoms. The van der Waals surface area contributed by atoms with E-state index in [1.165, 1.54) is 12.1 Å².